The Labute approximate surface area is 125 Å². The fraction of sp³-hybridized carbons (Fsp3) is 0.462. The summed E-state index contributed by atoms with van der Waals surface area (Å²) in [5, 5.41) is 32.0. The predicted molar refractivity (Wildman–Crippen MR) is 75.7 cm³/mol. The SMILES string of the molecule is C#CCNc1ncnc2c1ncn2[C@@H]1O[C@H](CO)C(O)[C@@H]1O. The molecule has 4 atom stereocenters. The Bertz CT molecular complexity index is 712. The average molecular weight is 305 g/mol. The molecule has 0 amide bonds. The lowest BCUT2D eigenvalue weighted by Gasteiger charge is -2.16. The number of aliphatic hydroxyl groups is 3. The van der Waals surface area contributed by atoms with E-state index in [1.807, 2.05) is 0 Å². The summed E-state index contributed by atoms with van der Waals surface area (Å²) in [4.78, 5) is 12.4. The van der Waals surface area contributed by atoms with Gasteiger partial charge in [-0.25, -0.2) is 15.0 Å². The number of aliphatic hydroxyl groups excluding tert-OH is 3. The van der Waals surface area contributed by atoms with Crippen molar-refractivity contribution in [3.63, 3.8) is 0 Å². The second-order valence-electron chi connectivity index (χ2n) is 4.83. The van der Waals surface area contributed by atoms with Crippen molar-refractivity contribution in [1.29, 1.82) is 0 Å². The fourth-order valence-corrected chi connectivity index (χ4v) is 2.41. The molecular weight excluding hydrogens is 290 g/mol. The summed E-state index contributed by atoms with van der Waals surface area (Å²) in [7, 11) is 0. The largest absolute Gasteiger partial charge is 0.394 e. The van der Waals surface area contributed by atoms with Gasteiger partial charge in [-0.3, -0.25) is 4.57 Å². The third kappa shape index (κ3) is 2.28. The molecule has 1 aliphatic rings. The van der Waals surface area contributed by atoms with Gasteiger partial charge in [0, 0.05) is 0 Å². The van der Waals surface area contributed by atoms with Crippen molar-refractivity contribution in [2.24, 2.45) is 0 Å². The van der Waals surface area contributed by atoms with Gasteiger partial charge in [-0.15, -0.1) is 6.42 Å². The first-order chi connectivity index (χ1) is 10.7. The smallest absolute Gasteiger partial charge is 0.167 e. The van der Waals surface area contributed by atoms with Crippen molar-refractivity contribution in [2.45, 2.75) is 24.5 Å². The number of nitrogens with one attached hydrogen (secondary N) is 1. The number of hydrogen-bond acceptors (Lipinski definition) is 8. The molecule has 0 spiro atoms. The van der Waals surface area contributed by atoms with E-state index < -0.39 is 31.1 Å². The molecule has 1 aliphatic heterocycles. The first-order valence-corrected chi connectivity index (χ1v) is 6.64. The minimum absolute atomic E-state index is 0.285. The van der Waals surface area contributed by atoms with Crippen molar-refractivity contribution >= 4 is 17.0 Å². The maximum absolute atomic E-state index is 10.1. The second kappa shape index (κ2) is 5.86. The standard InChI is InChI=1S/C13H15N5O4/c1-2-3-14-11-8-12(16-5-15-11)18(6-17-8)13-10(21)9(20)7(4-19)22-13/h1,5-7,9-10,13,19-21H,3-4H2,(H,14,15,16)/t7-,9?,10+,13-/m1/s1. The van der Waals surface area contributed by atoms with Crippen molar-refractivity contribution in [3.05, 3.63) is 12.7 Å². The molecule has 2 aromatic heterocycles. The van der Waals surface area contributed by atoms with Gasteiger partial charge in [-0.2, -0.15) is 0 Å². The van der Waals surface area contributed by atoms with Gasteiger partial charge in [0.05, 0.1) is 19.5 Å². The minimum Gasteiger partial charge on any atom is -0.394 e. The minimum atomic E-state index is -1.20. The zero-order valence-corrected chi connectivity index (χ0v) is 11.5. The van der Waals surface area contributed by atoms with E-state index >= 15 is 0 Å². The van der Waals surface area contributed by atoms with E-state index in [1.165, 1.54) is 17.2 Å². The Morgan fingerprint density at radius 3 is 2.82 bits per heavy atom. The fourth-order valence-electron chi connectivity index (χ4n) is 2.41. The molecular formula is C13H15N5O4. The number of ether oxygens (including phenoxy) is 1. The molecule has 4 N–H and O–H groups in total. The molecule has 0 radical (unpaired) electrons. The number of hydrogen-bond donors (Lipinski definition) is 4. The third-order valence-corrected chi connectivity index (χ3v) is 3.51. The maximum atomic E-state index is 10.1. The van der Waals surface area contributed by atoms with Gasteiger partial charge in [0.1, 0.15) is 24.6 Å². The number of rotatable bonds is 4. The van der Waals surface area contributed by atoms with Gasteiger partial charge >= 0.3 is 0 Å². The van der Waals surface area contributed by atoms with E-state index in [0.717, 1.165) is 0 Å². The molecule has 0 aliphatic carbocycles. The van der Waals surface area contributed by atoms with Crippen LogP contribution in [0.25, 0.3) is 11.2 Å². The van der Waals surface area contributed by atoms with E-state index in [9.17, 15) is 10.2 Å². The summed E-state index contributed by atoms with van der Waals surface area (Å²) in [6.45, 7) is -0.113. The van der Waals surface area contributed by atoms with Crippen molar-refractivity contribution in [2.75, 3.05) is 18.5 Å². The summed E-state index contributed by atoms with van der Waals surface area (Å²) >= 11 is 0. The lowest BCUT2D eigenvalue weighted by atomic mass is 10.1. The molecule has 1 fully saturated rings. The normalized spacial score (nSPS) is 27.9. The van der Waals surface area contributed by atoms with E-state index in [1.54, 1.807) is 0 Å². The van der Waals surface area contributed by atoms with Crippen LogP contribution in [0.3, 0.4) is 0 Å². The summed E-state index contributed by atoms with van der Waals surface area (Å²) in [6.07, 6.45) is 3.82. The number of anilines is 1. The van der Waals surface area contributed by atoms with Gasteiger partial charge in [0.25, 0.3) is 0 Å². The first-order valence-electron chi connectivity index (χ1n) is 6.64. The van der Waals surface area contributed by atoms with Crippen LogP contribution >= 0.6 is 0 Å². The first kappa shape index (κ1) is 14.7. The van der Waals surface area contributed by atoms with E-state index in [-0.39, 0.29) is 6.54 Å². The molecule has 0 saturated carbocycles. The molecule has 9 nitrogen and oxygen atoms in total. The van der Waals surface area contributed by atoms with Gasteiger partial charge in [0.15, 0.2) is 23.2 Å². The highest BCUT2D eigenvalue weighted by Gasteiger charge is 2.43. The van der Waals surface area contributed by atoms with E-state index in [0.29, 0.717) is 17.0 Å². The van der Waals surface area contributed by atoms with Gasteiger partial charge in [-0.05, 0) is 0 Å². The highest BCUT2D eigenvalue weighted by molar-refractivity contribution is 5.82. The van der Waals surface area contributed by atoms with E-state index in [2.05, 4.69) is 26.2 Å². The van der Waals surface area contributed by atoms with E-state index in [4.69, 9.17) is 16.3 Å². The Hall–Kier alpha value is -2.25. The molecule has 2 aromatic rings. The number of imidazole rings is 1. The number of nitrogens with zero attached hydrogens (tertiary/aromatic N) is 4. The van der Waals surface area contributed by atoms with Crippen LogP contribution in [-0.2, 0) is 4.74 Å². The molecule has 1 unspecified atom stereocenters. The Morgan fingerprint density at radius 2 is 2.14 bits per heavy atom. The molecule has 116 valence electrons. The van der Waals surface area contributed by atoms with Crippen LogP contribution in [-0.4, -0.2) is 66.3 Å². The highest BCUT2D eigenvalue weighted by Crippen LogP contribution is 2.31. The van der Waals surface area contributed by atoms with Crippen LogP contribution in [0.5, 0.6) is 0 Å². The number of aromatic nitrogens is 4. The average Bonchev–Trinajstić information content (AvgIpc) is 3.08. The third-order valence-electron chi connectivity index (χ3n) is 3.51. The van der Waals surface area contributed by atoms with Crippen molar-refractivity contribution in [1.82, 2.24) is 19.5 Å². The maximum Gasteiger partial charge on any atom is 0.167 e. The topological polar surface area (TPSA) is 126 Å². The zero-order valence-electron chi connectivity index (χ0n) is 11.5. The summed E-state index contributed by atoms with van der Waals surface area (Å²) in [6, 6.07) is 0. The Morgan fingerprint density at radius 1 is 1.32 bits per heavy atom. The molecule has 1 saturated heterocycles. The quantitative estimate of drug-likeness (QED) is 0.502. The van der Waals surface area contributed by atoms with Crippen LogP contribution in [0.15, 0.2) is 12.7 Å². The monoisotopic (exact) mass is 305 g/mol. The molecule has 0 aromatic carbocycles. The Balaban J connectivity index is 1.97. The zero-order chi connectivity index (χ0) is 15.7. The number of fused-ring (bicyclic) bond motifs is 1. The van der Waals surface area contributed by atoms with Crippen LogP contribution in [0.4, 0.5) is 5.82 Å². The van der Waals surface area contributed by atoms with Crippen LogP contribution in [0, 0.1) is 12.3 Å². The van der Waals surface area contributed by atoms with Crippen LogP contribution < -0.4 is 5.32 Å². The number of terminal acetylenes is 1. The van der Waals surface area contributed by atoms with Crippen molar-refractivity contribution in [3.8, 4) is 12.3 Å². The van der Waals surface area contributed by atoms with Crippen molar-refractivity contribution < 1.29 is 20.1 Å². The molecule has 3 rings (SSSR count). The molecule has 3 heterocycles. The van der Waals surface area contributed by atoms with Gasteiger partial charge in [-0.1, -0.05) is 5.92 Å². The second-order valence-corrected chi connectivity index (χ2v) is 4.83. The van der Waals surface area contributed by atoms with Gasteiger partial charge in [0.2, 0.25) is 0 Å². The lowest BCUT2D eigenvalue weighted by Crippen LogP contribution is -2.33. The predicted octanol–water partition coefficient (Wildman–Crippen LogP) is -1.52. The Kier molecular flexibility index (Phi) is 3.91. The molecule has 0 bridgehead atoms. The molecule has 22 heavy (non-hydrogen) atoms. The summed E-state index contributed by atoms with van der Waals surface area (Å²) in [5.74, 6) is 2.90. The van der Waals surface area contributed by atoms with Gasteiger partial charge < -0.3 is 25.4 Å². The summed E-state index contributed by atoms with van der Waals surface area (Å²) in [5.41, 5.74) is 0.889. The van der Waals surface area contributed by atoms with Crippen LogP contribution in [0.2, 0.25) is 0 Å². The summed E-state index contributed by atoms with van der Waals surface area (Å²) < 4.78 is 6.96. The highest BCUT2D eigenvalue weighted by atomic mass is 16.6. The lowest BCUT2D eigenvalue weighted by molar-refractivity contribution is -0.0511. The van der Waals surface area contributed by atoms with Crippen LogP contribution in [0.1, 0.15) is 6.23 Å². The molecule has 9 heteroatoms.